The molecule has 1 fully saturated rings. The number of carbonyl (C=O) groups excluding carboxylic acids is 1. The van der Waals surface area contributed by atoms with Crippen molar-refractivity contribution in [2.24, 2.45) is 0 Å². The van der Waals surface area contributed by atoms with Gasteiger partial charge in [0, 0.05) is 24.7 Å². The molecule has 1 N–H and O–H groups in total. The highest BCUT2D eigenvalue weighted by molar-refractivity contribution is 5.94. The third kappa shape index (κ3) is 2.70. The van der Waals surface area contributed by atoms with Crippen molar-refractivity contribution in [2.45, 2.75) is 18.9 Å². The van der Waals surface area contributed by atoms with E-state index in [1.54, 1.807) is 6.92 Å². The fraction of sp³-hybridized carbons (Fsp3) is 0.417. The summed E-state index contributed by atoms with van der Waals surface area (Å²) in [7, 11) is 0. The van der Waals surface area contributed by atoms with Crippen molar-refractivity contribution in [2.75, 3.05) is 13.1 Å². The zero-order valence-corrected chi connectivity index (χ0v) is 10.3. The highest BCUT2D eigenvalue weighted by Crippen LogP contribution is 2.24. The fourth-order valence-electron chi connectivity index (χ4n) is 2.09. The minimum absolute atomic E-state index is 0.0424. The Bertz CT molecular complexity index is 545. The number of likely N-dealkylation sites (tertiary alicyclic amines) is 1. The molecule has 19 heavy (non-hydrogen) atoms. The molecule has 2 rings (SSSR count). The number of nitro groups is 1. The number of aliphatic hydroxyl groups is 1. The van der Waals surface area contributed by atoms with Crippen LogP contribution in [0.3, 0.4) is 0 Å². The average Bonchev–Trinajstić information content (AvgIpc) is 2.68. The van der Waals surface area contributed by atoms with E-state index in [1.165, 1.54) is 11.0 Å². The molecule has 0 aromatic heterocycles. The summed E-state index contributed by atoms with van der Waals surface area (Å²) in [5.41, 5.74) is -1.56. The monoisotopic (exact) mass is 268 g/mol. The van der Waals surface area contributed by atoms with Crippen LogP contribution in [0.5, 0.6) is 0 Å². The van der Waals surface area contributed by atoms with Gasteiger partial charge in [-0.2, -0.15) is 4.39 Å². The Hall–Kier alpha value is -2.02. The predicted octanol–water partition coefficient (Wildman–Crippen LogP) is 1.33. The molecule has 1 aromatic carbocycles. The summed E-state index contributed by atoms with van der Waals surface area (Å²) < 4.78 is 13.4. The van der Waals surface area contributed by atoms with Gasteiger partial charge in [-0.25, -0.2) is 0 Å². The van der Waals surface area contributed by atoms with Crippen molar-refractivity contribution in [3.8, 4) is 0 Å². The minimum Gasteiger partial charge on any atom is -0.388 e. The van der Waals surface area contributed by atoms with Gasteiger partial charge in [-0.05, 0) is 25.5 Å². The maximum Gasteiger partial charge on any atom is 0.304 e. The standard InChI is InChI=1S/C12H13FN2O4/c1-12(17)4-5-14(7-12)11(16)8-2-3-10(15(18)19)9(13)6-8/h2-3,6,17H,4-5,7H2,1H3. The van der Waals surface area contributed by atoms with Crippen molar-refractivity contribution in [3.05, 3.63) is 39.7 Å². The molecule has 1 aliphatic heterocycles. The van der Waals surface area contributed by atoms with E-state index in [9.17, 15) is 24.4 Å². The van der Waals surface area contributed by atoms with Gasteiger partial charge in [-0.15, -0.1) is 0 Å². The minimum atomic E-state index is -1.04. The second-order valence-corrected chi connectivity index (χ2v) is 4.90. The topological polar surface area (TPSA) is 83.7 Å². The molecule has 1 amide bonds. The highest BCUT2D eigenvalue weighted by Gasteiger charge is 2.34. The number of rotatable bonds is 2. The summed E-state index contributed by atoms with van der Waals surface area (Å²) >= 11 is 0. The van der Waals surface area contributed by atoms with Crippen molar-refractivity contribution in [1.82, 2.24) is 4.90 Å². The van der Waals surface area contributed by atoms with E-state index in [1.807, 2.05) is 0 Å². The molecule has 0 bridgehead atoms. The number of halogens is 1. The average molecular weight is 268 g/mol. The van der Waals surface area contributed by atoms with E-state index in [4.69, 9.17) is 0 Å². The van der Waals surface area contributed by atoms with Gasteiger partial charge in [0.25, 0.3) is 5.91 Å². The molecule has 1 aliphatic rings. The van der Waals surface area contributed by atoms with Crippen LogP contribution in [-0.2, 0) is 0 Å². The molecule has 1 saturated heterocycles. The number of amides is 1. The van der Waals surface area contributed by atoms with E-state index < -0.39 is 27.9 Å². The van der Waals surface area contributed by atoms with Crippen molar-refractivity contribution in [1.29, 1.82) is 0 Å². The number of hydrogen-bond donors (Lipinski definition) is 1. The molecule has 0 aliphatic carbocycles. The van der Waals surface area contributed by atoms with Crippen LogP contribution in [0.4, 0.5) is 10.1 Å². The zero-order chi connectivity index (χ0) is 14.2. The first-order chi connectivity index (χ1) is 8.80. The molecule has 6 nitrogen and oxygen atoms in total. The van der Waals surface area contributed by atoms with Gasteiger partial charge >= 0.3 is 5.69 Å². The van der Waals surface area contributed by atoms with Gasteiger partial charge < -0.3 is 10.0 Å². The molecule has 0 saturated carbocycles. The summed E-state index contributed by atoms with van der Waals surface area (Å²) in [5, 5.41) is 20.3. The van der Waals surface area contributed by atoms with Crippen molar-refractivity contribution < 1.29 is 19.2 Å². The largest absolute Gasteiger partial charge is 0.388 e. The smallest absolute Gasteiger partial charge is 0.304 e. The van der Waals surface area contributed by atoms with Crippen LogP contribution in [0.1, 0.15) is 23.7 Å². The van der Waals surface area contributed by atoms with Gasteiger partial charge in [-0.1, -0.05) is 0 Å². The number of benzene rings is 1. The van der Waals surface area contributed by atoms with E-state index >= 15 is 0 Å². The summed E-state index contributed by atoms with van der Waals surface area (Å²) in [4.78, 5) is 23.1. The summed E-state index contributed by atoms with van der Waals surface area (Å²) in [5.74, 6) is -1.48. The summed E-state index contributed by atoms with van der Waals surface area (Å²) in [6, 6.07) is 3.04. The third-order valence-corrected chi connectivity index (χ3v) is 3.13. The van der Waals surface area contributed by atoms with Gasteiger partial charge in [0.05, 0.1) is 10.5 Å². The van der Waals surface area contributed by atoms with Crippen LogP contribution in [-0.4, -0.2) is 39.5 Å². The number of hydrogen-bond acceptors (Lipinski definition) is 4. The lowest BCUT2D eigenvalue weighted by Crippen LogP contribution is -2.33. The summed E-state index contributed by atoms with van der Waals surface area (Å²) in [6.07, 6.45) is 0.453. The molecular formula is C12H13FN2O4. The van der Waals surface area contributed by atoms with Gasteiger partial charge in [-0.3, -0.25) is 14.9 Å². The van der Waals surface area contributed by atoms with Gasteiger partial charge in [0.15, 0.2) is 0 Å². The van der Waals surface area contributed by atoms with Gasteiger partial charge in [0.2, 0.25) is 5.82 Å². The second kappa shape index (κ2) is 4.58. The van der Waals surface area contributed by atoms with E-state index in [0.29, 0.717) is 13.0 Å². The van der Waals surface area contributed by atoms with E-state index in [0.717, 1.165) is 12.1 Å². The first-order valence-electron chi connectivity index (χ1n) is 5.76. The quantitative estimate of drug-likeness (QED) is 0.648. The maximum atomic E-state index is 13.4. The lowest BCUT2D eigenvalue weighted by Gasteiger charge is -2.19. The lowest BCUT2D eigenvalue weighted by atomic mass is 10.1. The van der Waals surface area contributed by atoms with Crippen LogP contribution in [0.25, 0.3) is 0 Å². The number of nitro benzene ring substituents is 1. The molecule has 1 atom stereocenters. The molecule has 1 heterocycles. The van der Waals surface area contributed by atoms with E-state index in [2.05, 4.69) is 0 Å². The first kappa shape index (κ1) is 13.4. The fourth-order valence-corrected chi connectivity index (χ4v) is 2.09. The van der Waals surface area contributed by atoms with Gasteiger partial charge in [0.1, 0.15) is 0 Å². The Morgan fingerprint density at radius 1 is 1.58 bits per heavy atom. The number of carbonyl (C=O) groups is 1. The molecule has 0 spiro atoms. The SMILES string of the molecule is CC1(O)CCN(C(=O)c2ccc([N+](=O)[O-])c(F)c2)C1. The molecule has 102 valence electrons. The normalized spacial score (nSPS) is 22.6. The second-order valence-electron chi connectivity index (χ2n) is 4.90. The van der Waals surface area contributed by atoms with Crippen molar-refractivity contribution in [3.63, 3.8) is 0 Å². The third-order valence-electron chi connectivity index (χ3n) is 3.13. The Morgan fingerprint density at radius 2 is 2.26 bits per heavy atom. The summed E-state index contributed by atoms with van der Waals surface area (Å²) in [6.45, 7) is 2.17. The Balaban J connectivity index is 2.21. The van der Waals surface area contributed by atoms with Crippen molar-refractivity contribution >= 4 is 11.6 Å². The molecular weight excluding hydrogens is 255 g/mol. The Labute approximate surface area is 108 Å². The molecule has 7 heteroatoms. The predicted molar refractivity (Wildman–Crippen MR) is 64.2 cm³/mol. The lowest BCUT2D eigenvalue weighted by molar-refractivity contribution is -0.387. The molecule has 1 aromatic rings. The Morgan fingerprint density at radius 3 is 2.74 bits per heavy atom. The maximum absolute atomic E-state index is 13.4. The highest BCUT2D eigenvalue weighted by atomic mass is 19.1. The molecule has 1 unspecified atom stereocenters. The van der Waals surface area contributed by atoms with Crippen LogP contribution in [0.15, 0.2) is 18.2 Å². The van der Waals surface area contributed by atoms with Crippen LogP contribution in [0, 0.1) is 15.9 Å². The van der Waals surface area contributed by atoms with Crippen LogP contribution in [0.2, 0.25) is 0 Å². The first-order valence-corrected chi connectivity index (χ1v) is 5.76. The zero-order valence-electron chi connectivity index (χ0n) is 10.3. The molecule has 0 radical (unpaired) electrons. The number of nitrogens with zero attached hydrogens (tertiary/aromatic N) is 2. The van der Waals surface area contributed by atoms with E-state index in [-0.39, 0.29) is 12.1 Å². The van der Waals surface area contributed by atoms with Crippen LogP contribution < -0.4 is 0 Å². The Kier molecular flexibility index (Phi) is 3.23. The number of β-amino-alcohol motifs (C(OH)–C–C–N with tert-alkyl or cyclic N) is 1. The van der Waals surface area contributed by atoms with Crippen LogP contribution >= 0.6 is 0 Å².